The van der Waals surface area contributed by atoms with E-state index in [9.17, 15) is 0 Å². The highest BCUT2D eigenvalue weighted by Gasteiger charge is 2.27. The topological polar surface area (TPSA) is 97.1 Å². The van der Waals surface area contributed by atoms with Crippen molar-refractivity contribution < 1.29 is 0 Å². The van der Waals surface area contributed by atoms with E-state index in [1.54, 1.807) is 0 Å². The molecule has 0 bridgehead atoms. The average molecular weight is 1930 g/mol. The summed E-state index contributed by atoms with van der Waals surface area (Å²) in [5.41, 5.74) is 27.0. The summed E-state index contributed by atoms with van der Waals surface area (Å²) in [6.07, 6.45) is 1.88. The van der Waals surface area contributed by atoms with Crippen LogP contribution in [0.4, 0.5) is 0 Å². The zero-order valence-corrected chi connectivity index (χ0v) is 81.6. The number of aromatic nitrogens is 10. The molecule has 11 aromatic heterocycles. The number of nitrogens with zero attached hydrogens (tertiary/aromatic N) is 10. The molecule has 31 aromatic rings. The molecule has 11 heterocycles. The van der Waals surface area contributed by atoms with Crippen molar-refractivity contribution in [2.75, 3.05) is 0 Å². The van der Waals surface area contributed by atoms with Crippen molar-refractivity contribution >= 4 is 213 Å². The van der Waals surface area contributed by atoms with Crippen LogP contribution in [0.1, 0.15) is 0 Å². The third-order valence-electron chi connectivity index (χ3n) is 28.7. The second kappa shape index (κ2) is 34.9. The lowest BCUT2D eigenvalue weighted by Crippen LogP contribution is -2.04. The minimum atomic E-state index is 0.651. The van der Waals surface area contributed by atoms with Crippen LogP contribution >= 0.6 is 45.3 Å². The van der Waals surface area contributed by atoms with Crippen molar-refractivity contribution in [1.29, 1.82) is 0 Å². The molecular formula is C132H80N10S4. The van der Waals surface area contributed by atoms with Crippen LogP contribution in [0.2, 0.25) is 0 Å². The summed E-state index contributed by atoms with van der Waals surface area (Å²) in [4.78, 5) is 31.2. The summed E-state index contributed by atoms with van der Waals surface area (Å²) in [7, 11) is 0. The predicted octanol–water partition coefficient (Wildman–Crippen LogP) is 36.6. The Labute approximate surface area is 853 Å². The van der Waals surface area contributed by atoms with Crippen LogP contribution in [0.5, 0.6) is 0 Å². The van der Waals surface area contributed by atoms with Gasteiger partial charge in [-0.05, 0) is 155 Å². The second-order valence-corrected chi connectivity index (χ2v) is 41.2. The van der Waals surface area contributed by atoms with Crippen molar-refractivity contribution in [2.45, 2.75) is 0 Å². The first kappa shape index (κ1) is 84.6. The number of hydrogen-bond donors (Lipinski definition) is 0. The van der Waals surface area contributed by atoms with Crippen molar-refractivity contribution in [3.05, 3.63) is 485 Å². The van der Waals surface area contributed by atoms with Gasteiger partial charge in [-0.25, -0.2) is 29.9 Å². The molecule has 0 spiro atoms. The molecular weight excluding hydrogens is 1850 g/mol. The molecule has 0 amide bonds. The Morgan fingerprint density at radius 1 is 0.158 bits per heavy atom. The van der Waals surface area contributed by atoms with Gasteiger partial charge in [0.1, 0.15) is 0 Å². The standard InChI is InChI=1S/C52H32N4S.C40H23N3S2.C40H25N3S/c1-4-14-33(15-5-1)43-32-44(34-16-6-2-7-17-34)54-52(53-43)56-47-28-25-36(31-42(47)50-48(56)29-26-40-39-21-11-13-23-49(39)57-51(40)50)35-24-27-46-41(30-35)38-20-10-12-22-45(38)55(46)37-18-8-3-9-19-37;1-4-16-33-31(13-1)37-34(20-19-30-28-12-3-6-18-36(28)45-39(30)37)43(33)40-41-22-21-32(42-40)25-10-7-9-24(23-25)26-14-8-15-29-27-11-2-5-17-35(27)44-38(26)29;1-4-12-26(13-5-1)29-20-21-32-36(24-29)43(35-23-22-31-30-18-10-11-19-37(30)44-39(31)38(32)35)40-41-33(27-14-6-2-7-15-27)25-34(42-40)28-16-8-3-9-17-28/h1-32H;1-23H;1-25H. The number of fused-ring (bicyclic) bond motifs is 27. The van der Waals surface area contributed by atoms with Gasteiger partial charge in [0.2, 0.25) is 17.8 Å². The van der Waals surface area contributed by atoms with E-state index in [2.05, 4.69) is 467 Å². The Kier molecular flexibility index (Phi) is 20.2. The summed E-state index contributed by atoms with van der Waals surface area (Å²) < 4.78 is 19.5. The molecule has 0 aliphatic carbocycles. The predicted molar refractivity (Wildman–Crippen MR) is 618 cm³/mol. The first-order valence-corrected chi connectivity index (χ1v) is 52.3. The highest BCUT2D eigenvalue weighted by molar-refractivity contribution is 7.28. The smallest absolute Gasteiger partial charge is 0.235 e. The molecule has 20 aromatic carbocycles. The third kappa shape index (κ3) is 14.2. The molecule has 31 rings (SSSR count). The molecule has 10 nitrogen and oxygen atoms in total. The summed E-state index contributed by atoms with van der Waals surface area (Å²) in [6, 6.07) is 171. The molecule has 0 aliphatic rings. The molecule has 0 aliphatic heterocycles. The molecule has 0 fully saturated rings. The van der Waals surface area contributed by atoms with Gasteiger partial charge >= 0.3 is 0 Å². The fraction of sp³-hybridized carbons (Fsp3) is 0. The fourth-order valence-electron chi connectivity index (χ4n) is 22.0. The van der Waals surface area contributed by atoms with Crippen molar-refractivity contribution in [2.24, 2.45) is 0 Å². The van der Waals surface area contributed by atoms with Crippen LogP contribution in [0.25, 0.3) is 281 Å². The SMILES string of the molecule is c1cc(-c2ccnc(-n3c4ccccc4c4c5sc6ccccc6c5ccc43)n2)cc(-c2cccc3c2sc2ccccc23)c1.c1ccc(-c2cc(-c3ccccc3)nc(-n3c4ccc(-c5ccc6c(c5)c5ccccc5n6-c5ccccc5)cc4c4c5sc6ccccc6c5ccc43)n2)cc1.c1ccc(-c2ccc3c4c5sc6ccccc6c5ccc4n(-c4nc(-c5ccccc5)cc(-c5ccccc5)n4)c3c2)cc1. The van der Waals surface area contributed by atoms with Gasteiger partial charge in [0.15, 0.2) is 0 Å². The third-order valence-corrected chi connectivity index (χ3v) is 33.5. The Balaban J connectivity index is 0.000000105. The van der Waals surface area contributed by atoms with E-state index < -0.39 is 0 Å². The minimum Gasteiger partial charge on any atom is -0.309 e. The van der Waals surface area contributed by atoms with Crippen LogP contribution in [0.15, 0.2) is 485 Å². The van der Waals surface area contributed by atoms with Crippen molar-refractivity contribution in [1.82, 2.24) is 48.2 Å². The van der Waals surface area contributed by atoms with Gasteiger partial charge < -0.3 is 4.57 Å². The molecule has 0 unspecified atom stereocenters. The van der Waals surface area contributed by atoms with Gasteiger partial charge in [0, 0.05) is 163 Å². The zero-order valence-electron chi connectivity index (χ0n) is 78.3. The molecule has 0 radical (unpaired) electrons. The first-order valence-electron chi connectivity index (χ1n) is 49.0. The normalized spacial score (nSPS) is 11.8. The maximum atomic E-state index is 5.32. The van der Waals surface area contributed by atoms with Crippen LogP contribution < -0.4 is 0 Å². The van der Waals surface area contributed by atoms with Crippen molar-refractivity contribution in [3.63, 3.8) is 0 Å². The van der Waals surface area contributed by atoms with E-state index in [0.29, 0.717) is 17.8 Å². The van der Waals surface area contributed by atoms with Gasteiger partial charge in [-0.2, -0.15) is 0 Å². The lowest BCUT2D eigenvalue weighted by Gasteiger charge is -2.12. The lowest BCUT2D eigenvalue weighted by atomic mass is 10.00. The fourth-order valence-corrected chi connectivity index (χ4v) is 27.0. The van der Waals surface area contributed by atoms with Gasteiger partial charge in [0.25, 0.3) is 0 Å². The maximum absolute atomic E-state index is 5.32. The van der Waals surface area contributed by atoms with E-state index in [1.807, 2.05) is 81.9 Å². The average Bonchev–Trinajstić information content (AvgIpc) is 1.55. The maximum Gasteiger partial charge on any atom is 0.235 e. The van der Waals surface area contributed by atoms with Crippen LogP contribution in [-0.2, 0) is 0 Å². The summed E-state index contributed by atoms with van der Waals surface area (Å²) in [5, 5.41) is 20.2. The van der Waals surface area contributed by atoms with E-state index in [4.69, 9.17) is 29.9 Å². The molecule has 146 heavy (non-hydrogen) atoms. The van der Waals surface area contributed by atoms with Gasteiger partial charge in [-0.1, -0.05) is 358 Å². The lowest BCUT2D eigenvalue weighted by molar-refractivity contribution is 0.992. The van der Waals surface area contributed by atoms with Crippen molar-refractivity contribution in [3.8, 4) is 113 Å². The summed E-state index contributed by atoms with van der Waals surface area (Å²) in [6.45, 7) is 0. The van der Waals surface area contributed by atoms with Gasteiger partial charge in [-0.3, -0.25) is 13.7 Å². The van der Waals surface area contributed by atoms with Gasteiger partial charge in [-0.15, -0.1) is 45.3 Å². The monoisotopic (exact) mass is 1930 g/mol. The highest BCUT2D eigenvalue weighted by atomic mass is 32.1. The number of para-hydroxylation sites is 3. The molecule has 0 saturated carbocycles. The number of thiophene rings is 4. The molecule has 0 N–H and O–H groups in total. The Hall–Kier alpha value is -18.3. The zero-order chi connectivity index (χ0) is 96.0. The largest absolute Gasteiger partial charge is 0.309 e. The number of benzene rings is 20. The van der Waals surface area contributed by atoms with Crippen LogP contribution in [-0.4, -0.2) is 48.2 Å². The second-order valence-electron chi connectivity index (χ2n) is 37.0. The summed E-state index contributed by atoms with van der Waals surface area (Å²) >= 11 is 7.45. The van der Waals surface area contributed by atoms with Crippen LogP contribution in [0, 0.1) is 0 Å². The number of rotatable bonds is 12. The van der Waals surface area contributed by atoms with E-state index >= 15 is 0 Å². The molecule has 14 heteroatoms. The quantitative estimate of drug-likeness (QED) is 0.121. The molecule has 682 valence electrons. The Bertz CT molecular complexity index is 10600. The Morgan fingerprint density at radius 2 is 0.479 bits per heavy atom. The molecule has 0 atom stereocenters. The van der Waals surface area contributed by atoms with E-state index in [1.165, 1.54) is 163 Å². The van der Waals surface area contributed by atoms with E-state index in [-0.39, 0.29) is 0 Å². The number of hydrogen-bond acceptors (Lipinski definition) is 10. The highest BCUT2D eigenvalue weighted by Crippen LogP contribution is 2.51. The first-order chi connectivity index (χ1) is 72.4. The Morgan fingerprint density at radius 3 is 0.979 bits per heavy atom. The minimum absolute atomic E-state index is 0.651. The van der Waals surface area contributed by atoms with E-state index in [0.717, 1.165) is 101 Å². The van der Waals surface area contributed by atoms with Crippen LogP contribution in [0.3, 0.4) is 0 Å². The summed E-state index contributed by atoms with van der Waals surface area (Å²) in [5.74, 6) is 1.99. The van der Waals surface area contributed by atoms with Gasteiger partial charge in [0.05, 0.1) is 72.6 Å². The molecule has 0 saturated heterocycles.